The average Bonchev–Trinajstić information content (AvgIpc) is 3.18. The first kappa shape index (κ1) is 16.3. The summed E-state index contributed by atoms with van der Waals surface area (Å²) in [4.78, 5) is 12.5. The van der Waals surface area contributed by atoms with Crippen LogP contribution in [0.5, 0.6) is 0 Å². The molecule has 2 heterocycles. The first-order chi connectivity index (χ1) is 12.0. The Kier molecular flexibility index (Phi) is 4.25. The molecule has 0 radical (unpaired) electrons. The van der Waals surface area contributed by atoms with Crippen LogP contribution in [0.1, 0.15) is 34.2 Å². The Morgan fingerprint density at radius 3 is 2.60 bits per heavy atom. The van der Waals surface area contributed by atoms with E-state index in [1.165, 1.54) is 0 Å². The minimum absolute atomic E-state index is 0.00159. The molecule has 0 saturated carbocycles. The van der Waals surface area contributed by atoms with Crippen molar-refractivity contribution in [1.82, 2.24) is 30.7 Å². The summed E-state index contributed by atoms with van der Waals surface area (Å²) in [5.41, 5.74) is 11.4. The second kappa shape index (κ2) is 6.51. The maximum absolute atomic E-state index is 12.5. The lowest BCUT2D eigenvalue weighted by molar-refractivity contribution is 0.0946. The number of carbonyl (C=O) groups is 1. The zero-order valence-electron chi connectivity index (χ0n) is 13.9. The number of nitrogen functional groups attached to an aromatic ring is 1. The standard InChI is InChI=1S/C15H16N8O2/c1-8-4-6-11(7-5-8)9(2)17-19-15(24)12-10(3)18-22-23(12)14-13(16)20-25-21-14/h4-7H,1-3H3,(H2,16,20)(H,19,24)/b17-9+. The second-order valence-electron chi connectivity index (χ2n) is 5.41. The van der Waals surface area contributed by atoms with E-state index in [0.717, 1.165) is 15.8 Å². The SMILES string of the molecule is C/C(=N\NC(=O)c1c(C)nnn1-c1nonc1N)c1ccc(C)cc1. The van der Waals surface area contributed by atoms with Crippen LogP contribution in [0.4, 0.5) is 5.82 Å². The maximum atomic E-state index is 12.5. The van der Waals surface area contributed by atoms with Crippen molar-refractivity contribution in [3.63, 3.8) is 0 Å². The Hall–Kier alpha value is -3.56. The lowest BCUT2D eigenvalue weighted by atomic mass is 10.1. The molecule has 3 N–H and O–H groups in total. The highest BCUT2D eigenvalue weighted by Gasteiger charge is 2.22. The molecule has 0 atom stereocenters. The number of aromatic nitrogens is 5. The summed E-state index contributed by atoms with van der Waals surface area (Å²) in [6, 6.07) is 7.80. The van der Waals surface area contributed by atoms with Crippen LogP contribution < -0.4 is 11.2 Å². The van der Waals surface area contributed by atoms with Gasteiger partial charge in [-0.15, -0.1) is 5.10 Å². The van der Waals surface area contributed by atoms with E-state index in [0.29, 0.717) is 11.4 Å². The van der Waals surface area contributed by atoms with E-state index in [-0.39, 0.29) is 17.3 Å². The van der Waals surface area contributed by atoms with Crippen molar-refractivity contribution in [2.75, 3.05) is 5.73 Å². The number of nitrogens with one attached hydrogen (secondary N) is 1. The van der Waals surface area contributed by atoms with Gasteiger partial charge in [0.1, 0.15) is 0 Å². The fraction of sp³-hybridized carbons (Fsp3) is 0.200. The van der Waals surface area contributed by atoms with Crippen LogP contribution in [0.2, 0.25) is 0 Å². The summed E-state index contributed by atoms with van der Waals surface area (Å²) in [7, 11) is 0. The van der Waals surface area contributed by atoms with Gasteiger partial charge in [-0.3, -0.25) is 4.79 Å². The van der Waals surface area contributed by atoms with Gasteiger partial charge in [0, 0.05) is 0 Å². The van der Waals surface area contributed by atoms with E-state index in [2.05, 4.69) is 35.8 Å². The molecule has 0 aliphatic rings. The van der Waals surface area contributed by atoms with Crippen LogP contribution in [-0.2, 0) is 0 Å². The fourth-order valence-corrected chi connectivity index (χ4v) is 2.15. The molecule has 3 rings (SSSR count). The van der Waals surface area contributed by atoms with Crippen molar-refractivity contribution >= 4 is 17.4 Å². The molecule has 128 valence electrons. The molecular formula is C15H16N8O2. The van der Waals surface area contributed by atoms with E-state index in [4.69, 9.17) is 5.73 Å². The van der Waals surface area contributed by atoms with Gasteiger partial charge < -0.3 is 5.73 Å². The van der Waals surface area contributed by atoms with Gasteiger partial charge in [0.05, 0.1) is 11.4 Å². The average molecular weight is 340 g/mol. The van der Waals surface area contributed by atoms with E-state index < -0.39 is 5.91 Å². The van der Waals surface area contributed by atoms with Crippen molar-refractivity contribution in [2.45, 2.75) is 20.8 Å². The third-order valence-corrected chi connectivity index (χ3v) is 3.54. The van der Waals surface area contributed by atoms with Crippen LogP contribution in [0.15, 0.2) is 34.0 Å². The van der Waals surface area contributed by atoms with Crippen LogP contribution in [0, 0.1) is 13.8 Å². The van der Waals surface area contributed by atoms with Gasteiger partial charge in [-0.05, 0) is 36.6 Å². The molecule has 10 nitrogen and oxygen atoms in total. The summed E-state index contributed by atoms with van der Waals surface area (Å²) < 4.78 is 5.70. The molecular weight excluding hydrogens is 324 g/mol. The number of hydrazone groups is 1. The van der Waals surface area contributed by atoms with Gasteiger partial charge in [0.15, 0.2) is 5.69 Å². The van der Waals surface area contributed by atoms with Crippen LogP contribution in [0.3, 0.4) is 0 Å². The molecule has 1 aromatic carbocycles. The minimum Gasteiger partial charge on any atom is -0.378 e. The number of carbonyl (C=O) groups excluding carboxylic acids is 1. The van der Waals surface area contributed by atoms with Gasteiger partial charge in [-0.25, -0.2) is 10.1 Å². The molecule has 0 bridgehead atoms. The zero-order chi connectivity index (χ0) is 18.0. The largest absolute Gasteiger partial charge is 0.378 e. The van der Waals surface area contributed by atoms with Gasteiger partial charge in [-0.2, -0.15) is 9.78 Å². The highest BCUT2D eigenvalue weighted by molar-refractivity contribution is 6.00. The molecule has 1 amide bonds. The Morgan fingerprint density at radius 1 is 1.24 bits per heavy atom. The lowest BCUT2D eigenvalue weighted by Gasteiger charge is -2.05. The maximum Gasteiger partial charge on any atom is 0.292 e. The topological polar surface area (TPSA) is 137 Å². The third-order valence-electron chi connectivity index (χ3n) is 3.54. The molecule has 0 aliphatic carbocycles. The number of hydrogen-bond donors (Lipinski definition) is 2. The molecule has 2 aromatic heterocycles. The second-order valence-corrected chi connectivity index (χ2v) is 5.41. The first-order valence-electron chi connectivity index (χ1n) is 7.39. The molecule has 0 fully saturated rings. The normalized spacial score (nSPS) is 11.6. The Labute approximate surface area is 142 Å². The van der Waals surface area contributed by atoms with E-state index in [1.807, 2.05) is 31.2 Å². The zero-order valence-corrected chi connectivity index (χ0v) is 13.9. The van der Waals surface area contributed by atoms with Crippen LogP contribution >= 0.6 is 0 Å². The van der Waals surface area contributed by atoms with Gasteiger partial charge in [0.25, 0.3) is 5.91 Å². The number of nitrogens with zero attached hydrogens (tertiary/aromatic N) is 6. The molecule has 25 heavy (non-hydrogen) atoms. The van der Waals surface area contributed by atoms with Gasteiger partial charge in [-0.1, -0.05) is 35.0 Å². The Morgan fingerprint density at radius 2 is 1.96 bits per heavy atom. The summed E-state index contributed by atoms with van der Waals surface area (Å²) in [5, 5.41) is 18.9. The molecule has 10 heteroatoms. The third kappa shape index (κ3) is 3.22. The van der Waals surface area contributed by atoms with Gasteiger partial charge in [0.2, 0.25) is 11.6 Å². The molecule has 3 aromatic rings. The number of hydrogen-bond acceptors (Lipinski definition) is 8. The minimum atomic E-state index is -0.503. The van der Waals surface area contributed by atoms with Crippen molar-refractivity contribution in [2.24, 2.45) is 5.10 Å². The fourth-order valence-electron chi connectivity index (χ4n) is 2.15. The van der Waals surface area contributed by atoms with E-state index in [9.17, 15) is 4.79 Å². The number of aryl methyl sites for hydroxylation is 2. The summed E-state index contributed by atoms with van der Waals surface area (Å²) >= 11 is 0. The summed E-state index contributed by atoms with van der Waals surface area (Å²) in [6.45, 7) is 5.44. The Bertz CT molecular complexity index is 939. The molecule has 0 spiro atoms. The number of amides is 1. The summed E-state index contributed by atoms with van der Waals surface area (Å²) in [5.74, 6) is -0.417. The number of nitrogens with two attached hydrogens (primary N) is 1. The highest BCUT2D eigenvalue weighted by atomic mass is 16.6. The predicted molar refractivity (Wildman–Crippen MR) is 89.2 cm³/mol. The van der Waals surface area contributed by atoms with E-state index >= 15 is 0 Å². The lowest BCUT2D eigenvalue weighted by Crippen LogP contribution is -2.24. The van der Waals surface area contributed by atoms with Crippen LogP contribution in [0.25, 0.3) is 5.82 Å². The first-order valence-corrected chi connectivity index (χ1v) is 7.39. The molecule has 0 saturated heterocycles. The Balaban J connectivity index is 1.85. The number of rotatable bonds is 4. The number of benzene rings is 1. The summed E-state index contributed by atoms with van der Waals surface area (Å²) in [6.07, 6.45) is 0. The molecule has 0 aliphatic heterocycles. The smallest absolute Gasteiger partial charge is 0.292 e. The van der Waals surface area contributed by atoms with Crippen LogP contribution in [-0.4, -0.2) is 36.9 Å². The quantitative estimate of drug-likeness (QED) is 0.534. The molecule has 0 unspecified atom stereocenters. The van der Waals surface area contributed by atoms with E-state index in [1.54, 1.807) is 13.8 Å². The number of anilines is 1. The predicted octanol–water partition coefficient (Wildman–Crippen LogP) is 1.00. The van der Waals surface area contributed by atoms with Crippen molar-refractivity contribution < 1.29 is 9.42 Å². The van der Waals surface area contributed by atoms with Crippen molar-refractivity contribution in [3.05, 3.63) is 46.8 Å². The monoisotopic (exact) mass is 340 g/mol. The van der Waals surface area contributed by atoms with Crippen molar-refractivity contribution in [3.8, 4) is 5.82 Å². The van der Waals surface area contributed by atoms with Gasteiger partial charge >= 0.3 is 0 Å². The van der Waals surface area contributed by atoms with Crippen molar-refractivity contribution in [1.29, 1.82) is 0 Å². The highest BCUT2D eigenvalue weighted by Crippen LogP contribution is 2.15.